The molecule has 1 aromatic carbocycles. The molecule has 0 spiro atoms. The molecular formula is C15H23NO. The number of ether oxygens (including phenoxy) is 1. The van der Waals surface area contributed by atoms with Gasteiger partial charge in [0.25, 0.3) is 0 Å². The van der Waals surface area contributed by atoms with Crippen LogP contribution in [0, 0.1) is 13.8 Å². The summed E-state index contributed by atoms with van der Waals surface area (Å²) in [6.45, 7) is 5.01. The molecule has 1 aliphatic rings. The minimum absolute atomic E-state index is 0.341. The van der Waals surface area contributed by atoms with Crippen LogP contribution >= 0.6 is 0 Å². The Bertz CT molecular complexity index is 375. The average molecular weight is 233 g/mol. The predicted molar refractivity (Wildman–Crippen MR) is 70.9 cm³/mol. The fraction of sp³-hybridized carbons (Fsp3) is 0.600. The first-order valence-corrected chi connectivity index (χ1v) is 6.58. The second-order valence-electron chi connectivity index (χ2n) is 5.28. The Kier molecular flexibility index (Phi) is 4.19. The van der Waals surface area contributed by atoms with Crippen molar-refractivity contribution in [2.75, 3.05) is 0 Å². The molecule has 1 saturated carbocycles. The lowest BCUT2D eigenvalue weighted by atomic mass is 9.93. The Labute approximate surface area is 104 Å². The number of nitrogens with two attached hydrogens (primary N) is 1. The number of hydrogen-bond donors (Lipinski definition) is 1. The van der Waals surface area contributed by atoms with Crippen LogP contribution in [0.2, 0.25) is 0 Å². The van der Waals surface area contributed by atoms with Gasteiger partial charge >= 0.3 is 0 Å². The molecule has 0 bridgehead atoms. The second-order valence-corrected chi connectivity index (χ2v) is 5.28. The molecule has 2 N–H and O–H groups in total. The molecular weight excluding hydrogens is 210 g/mol. The summed E-state index contributed by atoms with van der Waals surface area (Å²) in [6, 6.07) is 6.89. The SMILES string of the molecule is Cc1ccc(COC2CCCC(N)C2)cc1C. The molecule has 0 saturated heterocycles. The van der Waals surface area contributed by atoms with E-state index in [0.29, 0.717) is 12.1 Å². The number of rotatable bonds is 3. The van der Waals surface area contributed by atoms with Crippen LogP contribution in [0.15, 0.2) is 18.2 Å². The van der Waals surface area contributed by atoms with Gasteiger partial charge in [-0.15, -0.1) is 0 Å². The second kappa shape index (κ2) is 5.65. The molecule has 2 rings (SSSR count). The Balaban J connectivity index is 1.86. The summed E-state index contributed by atoms with van der Waals surface area (Å²) in [5.74, 6) is 0. The highest BCUT2D eigenvalue weighted by Gasteiger charge is 2.19. The minimum atomic E-state index is 0.341. The van der Waals surface area contributed by atoms with E-state index in [0.717, 1.165) is 19.4 Å². The van der Waals surface area contributed by atoms with Crippen molar-refractivity contribution in [1.29, 1.82) is 0 Å². The van der Waals surface area contributed by atoms with Crippen molar-refractivity contribution in [2.24, 2.45) is 5.73 Å². The van der Waals surface area contributed by atoms with E-state index in [-0.39, 0.29) is 0 Å². The van der Waals surface area contributed by atoms with Gasteiger partial charge in [0.1, 0.15) is 0 Å². The van der Waals surface area contributed by atoms with Crippen LogP contribution in [0.1, 0.15) is 42.4 Å². The van der Waals surface area contributed by atoms with E-state index in [1.807, 2.05) is 0 Å². The maximum Gasteiger partial charge on any atom is 0.0720 e. The van der Waals surface area contributed by atoms with Crippen molar-refractivity contribution in [3.63, 3.8) is 0 Å². The predicted octanol–water partition coefficient (Wildman–Crippen LogP) is 3.09. The molecule has 17 heavy (non-hydrogen) atoms. The Morgan fingerprint density at radius 3 is 2.76 bits per heavy atom. The van der Waals surface area contributed by atoms with Gasteiger partial charge in [0, 0.05) is 6.04 Å². The summed E-state index contributed by atoms with van der Waals surface area (Å²) in [5, 5.41) is 0. The molecule has 2 atom stereocenters. The first-order chi connectivity index (χ1) is 8.15. The third-order valence-electron chi connectivity index (χ3n) is 3.72. The highest BCUT2D eigenvalue weighted by atomic mass is 16.5. The third kappa shape index (κ3) is 3.55. The van der Waals surface area contributed by atoms with Crippen molar-refractivity contribution >= 4 is 0 Å². The monoisotopic (exact) mass is 233 g/mol. The first kappa shape index (κ1) is 12.6. The molecule has 1 aromatic rings. The topological polar surface area (TPSA) is 35.2 Å². The summed E-state index contributed by atoms with van der Waals surface area (Å²) in [6.07, 6.45) is 4.91. The van der Waals surface area contributed by atoms with Crippen molar-refractivity contribution in [3.8, 4) is 0 Å². The molecule has 0 aliphatic heterocycles. The fourth-order valence-electron chi connectivity index (χ4n) is 2.44. The zero-order chi connectivity index (χ0) is 12.3. The zero-order valence-corrected chi connectivity index (χ0v) is 10.9. The van der Waals surface area contributed by atoms with Crippen LogP contribution in [-0.4, -0.2) is 12.1 Å². The molecule has 0 amide bonds. The molecule has 1 fully saturated rings. The summed E-state index contributed by atoms with van der Waals surface area (Å²) in [5.41, 5.74) is 9.91. The van der Waals surface area contributed by atoms with Crippen LogP contribution in [-0.2, 0) is 11.3 Å². The average Bonchev–Trinajstić information content (AvgIpc) is 2.31. The van der Waals surface area contributed by atoms with Crippen molar-refractivity contribution in [3.05, 3.63) is 34.9 Å². The van der Waals surface area contributed by atoms with E-state index in [1.165, 1.54) is 29.5 Å². The first-order valence-electron chi connectivity index (χ1n) is 6.58. The van der Waals surface area contributed by atoms with Gasteiger partial charge in [-0.1, -0.05) is 18.2 Å². The van der Waals surface area contributed by atoms with Gasteiger partial charge in [0.15, 0.2) is 0 Å². The van der Waals surface area contributed by atoms with Crippen molar-refractivity contribution in [2.45, 2.75) is 58.3 Å². The van der Waals surface area contributed by atoms with E-state index in [2.05, 4.69) is 32.0 Å². The third-order valence-corrected chi connectivity index (χ3v) is 3.72. The molecule has 1 aliphatic carbocycles. The van der Waals surface area contributed by atoms with Crippen LogP contribution in [0.3, 0.4) is 0 Å². The van der Waals surface area contributed by atoms with Gasteiger partial charge in [-0.25, -0.2) is 0 Å². The van der Waals surface area contributed by atoms with E-state index in [4.69, 9.17) is 10.5 Å². The fourth-order valence-corrected chi connectivity index (χ4v) is 2.44. The van der Waals surface area contributed by atoms with E-state index >= 15 is 0 Å². The van der Waals surface area contributed by atoms with Crippen molar-refractivity contribution in [1.82, 2.24) is 0 Å². The number of benzene rings is 1. The molecule has 2 unspecified atom stereocenters. The quantitative estimate of drug-likeness (QED) is 0.870. The van der Waals surface area contributed by atoms with Crippen LogP contribution < -0.4 is 5.73 Å². The Hall–Kier alpha value is -0.860. The summed E-state index contributed by atoms with van der Waals surface area (Å²) < 4.78 is 5.95. The van der Waals surface area contributed by atoms with E-state index in [1.54, 1.807) is 0 Å². The van der Waals surface area contributed by atoms with Gasteiger partial charge < -0.3 is 10.5 Å². The molecule has 2 nitrogen and oxygen atoms in total. The van der Waals surface area contributed by atoms with Gasteiger partial charge in [-0.2, -0.15) is 0 Å². The lowest BCUT2D eigenvalue weighted by molar-refractivity contribution is 0.0122. The maximum atomic E-state index is 5.96. The van der Waals surface area contributed by atoms with E-state index in [9.17, 15) is 0 Å². The molecule has 0 heterocycles. The van der Waals surface area contributed by atoms with Crippen LogP contribution in [0.5, 0.6) is 0 Å². The molecule has 94 valence electrons. The smallest absolute Gasteiger partial charge is 0.0720 e. The highest BCUT2D eigenvalue weighted by molar-refractivity contribution is 5.29. The molecule has 0 radical (unpaired) electrons. The molecule has 0 aromatic heterocycles. The normalized spacial score (nSPS) is 24.9. The van der Waals surface area contributed by atoms with Gasteiger partial charge in [0.05, 0.1) is 12.7 Å². The van der Waals surface area contributed by atoms with Crippen molar-refractivity contribution < 1.29 is 4.74 Å². The highest BCUT2D eigenvalue weighted by Crippen LogP contribution is 2.21. The summed E-state index contributed by atoms with van der Waals surface area (Å²) in [4.78, 5) is 0. The number of aryl methyl sites for hydroxylation is 2. The minimum Gasteiger partial charge on any atom is -0.373 e. The largest absolute Gasteiger partial charge is 0.373 e. The Morgan fingerprint density at radius 2 is 2.06 bits per heavy atom. The summed E-state index contributed by atoms with van der Waals surface area (Å²) in [7, 11) is 0. The van der Waals surface area contributed by atoms with Gasteiger partial charge in [-0.05, 0) is 56.2 Å². The standard InChI is InChI=1S/C15H23NO/c1-11-6-7-13(8-12(11)2)10-17-15-5-3-4-14(16)9-15/h6-8,14-15H,3-5,9-10,16H2,1-2H3. The summed E-state index contributed by atoms with van der Waals surface area (Å²) >= 11 is 0. The number of hydrogen-bond acceptors (Lipinski definition) is 2. The lowest BCUT2D eigenvalue weighted by Crippen LogP contribution is -2.32. The Morgan fingerprint density at radius 1 is 1.24 bits per heavy atom. The van der Waals surface area contributed by atoms with Gasteiger partial charge in [0.2, 0.25) is 0 Å². The molecule has 2 heteroatoms. The van der Waals surface area contributed by atoms with Gasteiger partial charge in [-0.3, -0.25) is 0 Å². The lowest BCUT2D eigenvalue weighted by Gasteiger charge is -2.26. The van der Waals surface area contributed by atoms with Crippen LogP contribution in [0.4, 0.5) is 0 Å². The zero-order valence-electron chi connectivity index (χ0n) is 10.9. The van der Waals surface area contributed by atoms with E-state index < -0.39 is 0 Å². The maximum absolute atomic E-state index is 5.96. The van der Waals surface area contributed by atoms with Crippen LogP contribution in [0.25, 0.3) is 0 Å².